The molecule has 0 saturated carbocycles. The number of carbonyl (C=O) groups excluding carboxylic acids is 1. The van der Waals surface area contributed by atoms with Gasteiger partial charge in [0.15, 0.2) is 0 Å². The molecule has 0 fully saturated rings. The van der Waals surface area contributed by atoms with E-state index in [0.29, 0.717) is 13.1 Å². The molecule has 0 bridgehead atoms. The molecule has 5 heteroatoms. The highest BCUT2D eigenvalue weighted by Crippen LogP contribution is 2.17. The highest BCUT2D eigenvalue weighted by Gasteiger charge is 2.20. The van der Waals surface area contributed by atoms with Crippen molar-refractivity contribution in [2.75, 3.05) is 6.54 Å². The number of nitrogens with zero attached hydrogens (tertiary/aromatic N) is 2. The smallest absolute Gasteiger partial charge is 0.257 e. The normalized spacial score (nSPS) is 10.8. The molecule has 0 radical (unpaired) electrons. The quantitative estimate of drug-likeness (QED) is 0.427. The molecule has 0 aliphatic heterocycles. The van der Waals surface area contributed by atoms with E-state index in [-0.39, 0.29) is 11.5 Å². The van der Waals surface area contributed by atoms with Gasteiger partial charge in [-0.05, 0) is 48.4 Å². The van der Waals surface area contributed by atoms with E-state index in [0.717, 1.165) is 29.6 Å². The molecule has 2 aromatic carbocycles. The topological polar surface area (TPSA) is 25.2 Å². The summed E-state index contributed by atoms with van der Waals surface area (Å²) in [5, 5.41) is 0. The molecule has 0 aliphatic carbocycles. The van der Waals surface area contributed by atoms with Crippen LogP contribution in [0.5, 0.6) is 0 Å². The van der Waals surface area contributed by atoms with Crippen LogP contribution in [0.4, 0.5) is 4.39 Å². The zero-order valence-corrected chi connectivity index (χ0v) is 17.5. The largest absolute Gasteiger partial charge is 0.345 e. The van der Waals surface area contributed by atoms with Gasteiger partial charge in [0, 0.05) is 29.5 Å². The average Bonchev–Trinajstić information content (AvgIpc) is 3.13. The summed E-state index contributed by atoms with van der Waals surface area (Å²) in [4.78, 5) is 14.7. The van der Waals surface area contributed by atoms with Crippen molar-refractivity contribution in [3.05, 3.63) is 94.0 Å². The molecule has 0 spiro atoms. The number of benzene rings is 2. The first-order valence-corrected chi connectivity index (χ1v) is 10.3. The van der Waals surface area contributed by atoms with Gasteiger partial charge >= 0.3 is 0 Å². The van der Waals surface area contributed by atoms with Crippen LogP contribution < -0.4 is 0 Å². The minimum atomic E-state index is -0.473. The van der Waals surface area contributed by atoms with Gasteiger partial charge < -0.3 is 9.47 Å². The molecule has 146 valence electrons. The molecular weight excluding hydrogens is 419 g/mol. The van der Waals surface area contributed by atoms with Crippen LogP contribution in [0.1, 0.15) is 41.4 Å². The molecule has 0 atom stereocenters. The number of amides is 1. The number of hydrogen-bond donors (Lipinski definition) is 0. The van der Waals surface area contributed by atoms with Gasteiger partial charge in [0.05, 0.1) is 12.1 Å². The summed E-state index contributed by atoms with van der Waals surface area (Å²) in [5.41, 5.74) is 2.34. The van der Waals surface area contributed by atoms with Crippen LogP contribution in [-0.2, 0) is 13.1 Å². The maximum absolute atomic E-state index is 14.1. The standard InChI is InChI=1S/C23H24BrFN2O/c1-2-3-14-27(23(28)21-8-4-5-9-22(21)25)17-20-7-6-15-26(20)16-18-10-12-19(24)13-11-18/h4-13,15H,2-3,14,16-17H2,1H3. The van der Waals surface area contributed by atoms with E-state index in [1.54, 1.807) is 23.1 Å². The average molecular weight is 443 g/mol. The minimum absolute atomic E-state index is 0.129. The van der Waals surface area contributed by atoms with E-state index in [4.69, 9.17) is 0 Å². The van der Waals surface area contributed by atoms with Crippen molar-refractivity contribution in [3.8, 4) is 0 Å². The number of rotatable bonds is 8. The number of halogens is 2. The van der Waals surface area contributed by atoms with Crippen LogP contribution in [0.3, 0.4) is 0 Å². The van der Waals surface area contributed by atoms with Gasteiger partial charge in [-0.2, -0.15) is 0 Å². The predicted molar refractivity (Wildman–Crippen MR) is 114 cm³/mol. The molecule has 0 N–H and O–H groups in total. The van der Waals surface area contributed by atoms with Crippen molar-refractivity contribution in [2.24, 2.45) is 0 Å². The number of aromatic nitrogens is 1. The van der Waals surface area contributed by atoms with Gasteiger partial charge in [-0.3, -0.25) is 4.79 Å². The lowest BCUT2D eigenvalue weighted by Gasteiger charge is -2.24. The van der Waals surface area contributed by atoms with Crippen LogP contribution >= 0.6 is 15.9 Å². The van der Waals surface area contributed by atoms with Gasteiger partial charge in [0.1, 0.15) is 5.82 Å². The molecule has 1 aromatic heterocycles. The fourth-order valence-corrected chi connectivity index (χ4v) is 3.40. The Morgan fingerprint density at radius 1 is 1.07 bits per heavy atom. The summed E-state index contributed by atoms with van der Waals surface area (Å²) < 4.78 is 17.3. The van der Waals surface area contributed by atoms with Crippen LogP contribution in [0.15, 0.2) is 71.3 Å². The van der Waals surface area contributed by atoms with Crippen LogP contribution in [0, 0.1) is 5.82 Å². The Balaban J connectivity index is 1.80. The summed E-state index contributed by atoms with van der Waals surface area (Å²) in [6, 6.07) is 18.4. The number of hydrogen-bond acceptors (Lipinski definition) is 1. The maximum Gasteiger partial charge on any atom is 0.257 e. The molecule has 3 rings (SSSR count). The summed E-state index contributed by atoms with van der Waals surface area (Å²) >= 11 is 3.46. The lowest BCUT2D eigenvalue weighted by atomic mass is 10.1. The molecule has 0 aliphatic rings. The maximum atomic E-state index is 14.1. The second-order valence-electron chi connectivity index (χ2n) is 6.81. The monoisotopic (exact) mass is 442 g/mol. The second kappa shape index (κ2) is 9.69. The van der Waals surface area contributed by atoms with Crippen LogP contribution in [-0.4, -0.2) is 21.9 Å². The van der Waals surface area contributed by atoms with E-state index in [1.807, 2.05) is 30.5 Å². The fourth-order valence-electron chi connectivity index (χ4n) is 3.14. The first-order valence-electron chi connectivity index (χ1n) is 9.50. The van der Waals surface area contributed by atoms with E-state index < -0.39 is 5.82 Å². The first kappa shape index (κ1) is 20.3. The van der Waals surface area contributed by atoms with Crippen molar-refractivity contribution in [3.63, 3.8) is 0 Å². The highest BCUT2D eigenvalue weighted by molar-refractivity contribution is 9.10. The SMILES string of the molecule is CCCCN(Cc1cccn1Cc1ccc(Br)cc1)C(=O)c1ccccc1F. The van der Waals surface area contributed by atoms with Gasteiger partial charge in [-0.25, -0.2) is 4.39 Å². The van der Waals surface area contributed by atoms with Crippen molar-refractivity contribution in [1.29, 1.82) is 0 Å². The van der Waals surface area contributed by atoms with E-state index in [9.17, 15) is 9.18 Å². The highest BCUT2D eigenvalue weighted by atomic mass is 79.9. The zero-order chi connectivity index (χ0) is 19.9. The van der Waals surface area contributed by atoms with Crippen molar-refractivity contribution in [1.82, 2.24) is 9.47 Å². The second-order valence-corrected chi connectivity index (χ2v) is 7.73. The Morgan fingerprint density at radius 3 is 2.54 bits per heavy atom. The van der Waals surface area contributed by atoms with Crippen molar-refractivity contribution >= 4 is 21.8 Å². The van der Waals surface area contributed by atoms with Gasteiger partial charge in [-0.1, -0.05) is 53.5 Å². The zero-order valence-electron chi connectivity index (χ0n) is 15.9. The molecule has 0 saturated heterocycles. The van der Waals surface area contributed by atoms with Crippen molar-refractivity contribution in [2.45, 2.75) is 32.9 Å². The Kier molecular flexibility index (Phi) is 7.04. The van der Waals surface area contributed by atoms with Crippen LogP contribution in [0.25, 0.3) is 0 Å². The summed E-state index contributed by atoms with van der Waals surface area (Å²) in [6.07, 6.45) is 3.87. The predicted octanol–water partition coefficient (Wildman–Crippen LogP) is 5.88. The number of unbranched alkanes of at least 4 members (excludes halogenated alkanes) is 1. The summed E-state index contributed by atoms with van der Waals surface area (Å²) in [5.74, 6) is -0.734. The minimum Gasteiger partial charge on any atom is -0.345 e. The lowest BCUT2D eigenvalue weighted by molar-refractivity contribution is 0.0732. The lowest BCUT2D eigenvalue weighted by Crippen LogP contribution is -2.33. The first-order chi connectivity index (χ1) is 13.6. The Bertz CT molecular complexity index is 920. The van der Waals surface area contributed by atoms with Gasteiger partial charge in [0.2, 0.25) is 0 Å². The van der Waals surface area contributed by atoms with Crippen molar-refractivity contribution < 1.29 is 9.18 Å². The third kappa shape index (κ3) is 5.10. The van der Waals surface area contributed by atoms with E-state index in [2.05, 4.69) is 39.6 Å². The summed E-state index contributed by atoms with van der Waals surface area (Å²) in [6.45, 7) is 3.87. The molecule has 0 unspecified atom stereocenters. The fraction of sp³-hybridized carbons (Fsp3) is 0.261. The molecular formula is C23H24BrFN2O. The van der Waals surface area contributed by atoms with Gasteiger partial charge in [0.25, 0.3) is 5.91 Å². The molecule has 1 heterocycles. The Morgan fingerprint density at radius 2 is 1.82 bits per heavy atom. The molecule has 28 heavy (non-hydrogen) atoms. The molecule has 3 aromatic rings. The van der Waals surface area contributed by atoms with Crippen LogP contribution in [0.2, 0.25) is 0 Å². The van der Waals surface area contributed by atoms with E-state index >= 15 is 0 Å². The van der Waals surface area contributed by atoms with Gasteiger partial charge in [-0.15, -0.1) is 0 Å². The van der Waals surface area contributed by atoms with E-state index in [1.165, 1.54) is 11.6 Å². The Hall–Kier alpha value is -2.40. The Labute approximate surface area is 173 Å². The third-order valence-corrected chi connectivity index (χ3v) is 5.24. The summed E-state index contributed by atoms with van der Waals surface area (Å²) in [7, 11) is 0. The molecule has 3 nitrogen and oxygen atoms in total. The number of carbonyl (C=O) groups is 1. The third-order valence-electron chi connectivity index (χ3n) is 4.72. The molecule has 1 amide bonds.